The van der Waals surface area contributed by atoms with Crippen molar-refractivity contribution in [2.75, 3.05) is 18.0 Å². The lowest BCUT2D eigenvalue weighted by atomic mass is 10.2. The van der Waals surface area contributed by atoms with Crippen molar-refractivity contribution in [3.63, 3.8) is 0 Å². The number of hydrogen-bond acceptors (Lipinski definition) is 4. The van der Waals surface area contributed by atoms with Crippen molar-refractivity contribution >= 4 is 5.95 Å². The van der Waals surface area contributed by atoms with Gasteiger partial charge in [0, 0.05) is 37.1 Å². The van der Waals surface area contributed by atoms with Crippen LogP contribution in [0.4, 0.5) is 5.95 Å². The Balaban J connectivity index is 2.01. The van der Waals surface area contributed by atoms with E-state index in [4.69, 9.17) is 0 Å². The lowest BCUT2D eigenvalue weighted by Gasteiger charge is -2.24. The molecule has 0 saturated heterocycles. The molecule has 100 valence electrons. The summed E-state index contributed by atoms with van der Waals surface area (Å²) in [5.41, 5.74) is 1.15. The van der Waals surface area contributed by atoms with Crippen LogP contribution in [0.25, 0.3) is 0 Å². The van der Waals surface area contributed by atoms with Crippen molar-refractivity contribution in [2.45, 2.75) is 46.2 Å². The molecule has 0 aromatic carbocycles. The molecule has 1 heterocycles. The molecule has 1 aromatic heterocycles. The van der Waals surface area contributed by atoms with Crippen LogP contribution in [0, 0.1) is 5.92 Å². The van der Waals surface area contributed by atoms with Crippen LogP contribution in [0.15, 0.2) is 12.4 Å². The Labute approximate surface area is 110 Å². The number of nitrogens with zero attached hydrogens (tertiary/aromatic N) is 3. The van der Waals surface area contributed by atoms with Gasteiger partial charge in [0.2, 0.25) is 5.95 Å². The third-order valence-corrected chi connectivity index (χ3v) is 3.08. The lowest BCUT2D eigenvalue weighted by Crippen LogP contribution is -2.31. The molecule has 0 amide bonds. The standard InChI is InChI=1S/C14H24N4/c1-4-15-7-12-8-16-14(17-9-12)18(10-11(2)3)13-5-6-13/h8-9,11,13,15H,4-7,10H2,1-3H3. The highest BCUT2D eigenvalue weighted by molar-refractivity contribution is 5.34. The molecule has 0 spiro atoms. The average molecular weight is 248 g/mol. The van der Waals surface area contributed by atoms with E-state index in [0.717, 1.165) is 31.1 Å². The monoisotopic (exact) mass is 248 g/mol. The molecular formula is C14H24N4. The first kappa shape index (κ1) is 13.3. The number of hydrogen-bond donors (Lipinski definition) is 1. The fourth-order valence-electron chi connectivity index (χ4n) is 2.03. The van der Waals surface area contributed by atoms with Gasteiger partial charge in [-0.05, 0) is 25.3 Å². The molecule has 0 aliphatic heterocycles. The van der Waals surface area contributed by atoms with Gasteiger partial charge in [0.25, 0.3) is 0 Å². The molecule has 1 aliphatic carbocycles. The van der Waals surface area contributed by atoms with Crippen LogP contribution in [-0.4, -0.2) is 29.1 Å². The zero-order valence-electron chi connectivity index (χ0n) is 11.7. The van der Waals surface area contributed by atoms with Gasteiger partial charge in [0.05, 0.1) is 0 Å². The van der Waals surface area contributed by atoms with E-state index in [-0.39, 0.29) is 0 Å². The summed E-state index contributed by atoms with van der Waals surface area (Å²) in [5.74, 6) is 1.54. The van der Waals surface area contributed by atoms with Gasteiger partial charge in [0.15, 0.2) is 0 Å². The molecule has 0 bridgehead atoms. The van der Waals surface area contributed by atoms with Gasteiger partial charge in [-0.15, -0.1) is 0 Å². The molecule has 0 unspecified atom stereocenters. The third-order valence-electron chi connectivity index (χ3n) is 3.08. The van der Waals surface area contributed by atoms with Gasteiger partial charge in [-0.3, -0.25) is 0 Å². The number of nitrogens with one attached hydrogen (secondary N) is 1. The summed E-state index contributed by atoms with van der Waals surface area (Å²) in [6, 6.07) is 0.673. The molecule has 0 atom stereocenters. The molecule has 1 aromatic rings. The van der Waals surface area contributed by atoms with Crippen molar-refractivity contribution in [1.82, 2.24) is 15.3 Å². The molecule has 1 aliphatic rings. The van der Waals surface area contributed by atoms with Crippen LogP contribution in [0.2, 0.25) is 0 Å². The molecule has 1 saturated carbocycles. The Morgan fingerprint density at radius 3 is 2.50 bits per heavy atom. The van der Waals surface area contributed by atoms with Crippen LogP contribution in [-0.2, 0) is 6.54 Å². The minimum Gasteiger partial charge on any atom is -0.338 e. The highest BCUT2D eigenvalue weighted by atomic mass is 15.3. The van der Waals surface area contributed by atoms with E-state index >= 15 is 0 Å². The van der Waals surface area contributed by atoms with Crippen molar-refractivity contribution in [3.05, 3.63) is 18.0 Å². The van der Waals surface area contributed by atoms with Crippen molar-refractivity contribution in [3.8, 4) is 0 Å². The zero-order chi connectivity index (χ0) is 13.0. The van der Waals surface area contributed by atoms with E-state index in [2.05, 4.69) is 41.0 Å². The lowest BCUT2D eigenvalue weighted by molar-refractivity contribution is 0.596. The van der Waals surface area contributed by atoms with E-state index in [9.17, 15) is 0 Å². The first-order valence-corrected chi connectivity index (χ1v) is 6.99. The molecule has 1 fully saturated rings. The predicted octanol–water partition coefficient (Wildman–Crippen LogP) is 2.21. The Kier molecular flexibility index (Phi) is 4.53. The van der Waals surface area contributed by atoms with Crippen LogP contribution in [0.1, 0.15) is 39.2 Å². The Bertz CT molecular complexity index is 357. The molecule has 4 heteroatoms. The summed E-state index contributed by atoms with van der Waals surface area (Å²) in [6.45, 7) is 9.47. The van der Waals surface area contributed by atoms with E-state index in [1.807, 2.05) is 12.4 Å². The normalized spacial score (nSPS) is 15.1. The topological polar surface area (TPSA) is 41.1 Å². The van der Waals surface area contributed by atoms with Crippen LogP contribution >= 0.6 is 0 Å². The summed E-state index contributed by atoms with van der Waals surface area (Å²) in [5, 5.41) is 3.29. The summed E-state index contributed by atoms with van der Waals surface area (Å²) >= 11 is 0. The second-order valence-corrected chi connectivity index (χ2v) is 5.45. The number of aromatic nitrogens is 2. The quantitative estimate of drug-likeness (QED) is 0.803. The largest absolute Gasteiger partial charge is 0.338 e. The molecule has 1 N–H and O–H groups in total. The minimum atomic E-state index is 0.649. The average Bonchev–Trinajstić information content (AvgIpc) is 3.18. The maximum atomic E-state index is 4.52. The van der Waals surface area contributed by atoms with Gasteiger partial charge in [0.1, 0.15) is 0 Å². The fraction of sp³-hybridized carbons (Fsp3) is 0.714. The maximum Gasteiger partial charge on any atom is 0.225 e. The van der Waals surface area contributed by atoms with E-state index in [0.29, 0.717) is 12.0 Å². The molecule has 4 nitrogen and oxygen atoms in total. The van der Waals surface area contributed by atoms with Gasteiger partial charge >= 0.3 is 0 Å². The molecule has 2 rings (SSSR count). The van der Waals surface area contributed by atoms with Crippen molar-refractivity contribution in [1.29, 1.82) is 0 Å². The Morgan fingerprint density at radius 1 is 1.33 bits per heavy atom. The highest BCUT2D eigenvalue weighted by Gasteiger charge is 2.30. The van der Waals surface area contributed by atoms with Gasteiger partial charge in [-0.2, -0.15) is 0 Å². The van der Waals surface area contributed by atoms with Crippen LogP contribution in [0.5, 0.6) is 0 Å². The second-order valence-electron chi connectivity index (χ2n) is 5.45. The SMILES string of the molecule is CCNCc1cnc(N(CC(C)C)C2CC2)nc1. The first-order valence-electron chi connectivity index (χ1n) is 6.99. The summed E-state index contributed by atoms with van der Waals surface area (Å²) < 4.78 is 0. The van der Waals surface area contributed by atoms with Crippen molar-refractivity contribution < 1.29 is 0 Å². The second kappa shape index (κ2) is 6.14. The number of anilines is 1. The van der Waals surface area contributed by atoms with E-state index < -0.39 is 0 Å². The number of rotatable bonds is 7. The summed E-state index contributed by atoms with van der Waals surface area (Å²) in [7, 11) is 0. The Morgan fingerprint density at radius 2 is 2.00 bits per heavy atom. The first-order chi connectivity index (χ1) is 8.70. The highest BCUT2D eigenvalue weighted by Crippen LogP contribution is 2.30. The predicted molar refractivity (Wildman–Crippen MR) is 74.6 cm³/mol. The van der Waals surface area contributed by atoms with Gasteiger partial charge < -0.3 is 10.2 Å². The van der Waals surface area contributed by atoms with Gasteiger partial charge in [-0.1, -0.05) is 20.8 Å². The van der Waals surface area contributed by atoms with Crippen LogP contribution < -0.4 is 10.2 Å². The maximum absolute atomic E-state index is 4.52. The summed E-state index contributed by atoms with van der Waals surface area (Å²) in [4.78, 5) is 11.4. The summed E-state index contributed by atoms with van der Waals surface area (Å²) in [6.07, 6.45) is 6.46. The zero-order valence-corrected chi connectivity index (χ0v) is 11.7. The molecular weight excluding hydrogens is 224 g/mol. The van der Waals surface area contributed by atoms with Crippen LogP contribution in [0.3, 0.4) is 0 Å². The van der Waals surface area contributed by atoms with E-state index in [1.54, 1.807) is 0 Å². The third kappa shape index (κ3) is 3.67. The Hall–Kier alpha value is -1.16. The smallest absolute Gasteiger partial charge is 0.225 e. The molecule has 18 heavy (non-hydrogen) atoms. The van der Waals surface area contributed by atoms with Crippen molar-refractivity contribution in [2.24, 2.45) is 5.92 Å². The fourth-order valence-corrected chi connectivity index (χ4v) is 2.03. The molecule has 0 radical (unpaired) electrons. The van der Waals surface area contributed by atoms with E-state index in [1.165, 1.54) is 12.8 Å². The van der Waals surface area contributed by atoms with Gasteiger partial charge in [-0.25, -0.2) is 9.97 Å². The minimum absolute atomic E-state index is 0.649.